The molecule has 1 aromatic carbocycles. The first-order chi connectivity index (χ1) is 8.97. The number of amides is 1. The molecule has 0 unspecified atom stereocenters. The zero-order valence-corrected chi connectivity index (χ0v) is 12.3. The maximum absolute atomic E-state index is 12.1. The largest absolute Gasteiger partial charge is 0.384 e. The molecule has 0 aliphatic carbocycles. The zero-order chi connectivity index (χ0) is 14.0. The second kappa shape index (κ2) is 5.40. The molecule has 4 nitrogen and oxygen atoms in total. The van der Waals surface area contributed by atoms with Gasteiger partial charge in [-0.3, -0.25) is 4.79 Å². The van der Waals surface area contributed by atoms with Gasteiger partial charge >= 0.3 is 0 Å². The first-order valence-corrected chi connectivity index (χ1v) is 6.56. The molecule has 0 spiro atoms. The molecular formula is C14H14BrN3O. The molecule has 2 aromatic rings. The number of pyridine rings is 1. The molecule has 0 aliphatic rings. The summed E-state index contributed by atoms with van der Waals surface area (Å²) in [6, 6.07) is 7.15. The normalized spacial score (nSPS) is 10.3. The Labute approximate surface area is 120 Å². The number of anilines is 2. The van der Waals surface area contributed by atoms with E-state index in [2.05, 4.69) is 26.2 Å². The Balaban J connectivity index is 2.29. The maximum atomic E-state index is 12.1. The van der Waals surface area contributed by atoms with Crippen LogP contribution in [0.2, 0.25) is 0 Å². The van der Waals surface area contributed by atoms with Gasteiger partial charge in [-0.25, -0.2) is 4.98 Å². The van der Waals surface area contributed by atoms with Crippen LogP contribution in [0, 0.1) is 13.8 Å². The highest BCUT2D eigenvalue weighted by Gasteiger charge is 2.11. The minimum Gasteiger partial charge on any atom is -0.384 e. The number of aromatic nitrogens is 1. The Morgan fingerprint density at radius 2 is 2.05 bits per heavy atom. The lowest BCUT2D eigenvalue weighted by Crippen LogP contribution is -2.14. The van der Waals surface area contributed by atoms with E-state index in [9.17, 15) is 4.79 Å². The van der Waals surface area contributed by atoms with Gasteiger partial charge in [0.05, 0.1) is 5.69 Å². The van der Waals surface area contributed by atoms with Crippen molar-refractivity contribution < 1.29 is 4.79 Å². The van der Waals surface area contributed by atoms with Crippen LogP contribution in [0.25, 0.3) is 0 Å². The fourth-order valence-electron chi connectivity index (χ4n) is 1.85. The van der Waals surface area contributed by atoms with Crippen molar-refractivity contribution in [2.45, 2.75) is 13.8 Å². The Morgan fingerprint density at radius 3 is 2.68 bits per heavy atom. The fraction of sp³-hybridized carbons (Fsp3) is 0.143. The number of nitrogens with one attached hydrogen (secondary N) is 1. The number of rotatable bonds is 2. The van der Waals surface area contributed by atoms with Crippen molar-refractivity contribution in [3.05, 3.63) is 51.6 Å². The molecular weight excluding hydrogens is 306 g/mol. The molecule has 3 N–H and O–H groups in total. The minimum absolute atomic E-state index is 0.207. The van der Waals surface area contributed by atoms with Crippen LogP contribution in [0.3, 0.4) is 0 Å². The topological polar surface area (TPSA) is 68.0 Å². The van der Waals surface area contributed by atoms with Crippen LogP contribution in [0.4, 0.5) is 11.5 Å². The predicted molar refractivity (Wildman–Crippen MR) is 80.2 cm³/mol. The molecule has 1 aromatic heterocycles. The van der Waals surface area contributed by atoms with Crippen molar-refractivity contribution in [3.8, 4) is 0 Å². The smallest absolute Gasteiger partial charge is 0.255 e. The number of nitrogen functional groups attached to an aromatic ring is 1. The van der Waals surface area contributed by atoms with E-state index in [0.29, 0.717) is 11.4 Å². The molecule has 0 bridgehead atoms. The van der Waals surface area contributed by atoms with E-state index in [1.807, 2.05) is 26.0 Å². The summed E-state index contributed by atoms with van der Waals surface area (Å²) in [5.74, 6) is 0.120. The Kier molecular flexibility index (Phi) is 3.85. The molecule has 0 saturated carbocycles. The average Bonchev–Trinajstić information content (AvgIpc) is 2.33. The summed E-state index contributed by atoms with van der Waals surface area (Å²) < 4.78 is 0.861. The summed E-state index contributed by atoms with van der Waals surface area (Å²) in [5, 5.41) is 2.88. The van der Waals surface area contributed by atoms with Gasteiger partial charge in [0.2, 0.25) is 0 Å². The molecule has 0 fully saturated rings. The Hall–Kier alpha value is -1.88. The summed E-state index contributed by atoms with van der Waals surface area (Å²) in [6.45, 7) is 3.96. The quantitative estimate of drug-likeness (QED) is 0.892. The Morgan fingerprint density at radius 1 is 1.32 bits per heavy atom. The molecule has 98 valence electrons. The molecule has 1 heterocycles. The maximum Gasteiger partial charge on any atom is 0.255 e. The number of aryl methyl sites for hydroxylation is 2. The zero-order valence-electron chi connectivity index (χ0n) is 10.7. The summed E-state index contributed by atoms with van der Waals surface area (Å²) >= 11 is 3.46. The molecule has 5 heteroatoms. The third-order valence-corrected chi connectivity index (χ3v) is 3.34. The first-order valence-electron chi connectivity index (χ1n) is 5.77. The molecule has 2 rings (SSSR count). The van der Waals surface area contributed by atoms with E-state index >= 15 is 0 Å². The van der Waals surface area contributed by atoms with Crippen LogP contribution in [0.1, 0.15) is 21.5 Å². The lowest BCUT2D eigenvalue weighted by Gasteiger charge is -2.12. The van der Waals surface area contributed by atoms with Crippen molar-refractivity contribution in [1.29, 1.82) is 0 Å². The average molecular weight is 320 g/mol. The van der Waals surface area contributed by atoms with Gasteiger partial charge < -0.3 is 11.1 Å². The van der Waals surface area contributed by atoms with Crippen LogP contribution in [-0.2, 0) is 0 Å². The highest BCUT2D eigenvalue weighted by Crippen LogP contribution is 2.28. The van der Waals surface area contributed by atoms with Gasteiger partial charge in [-0.15, -0.1) is 0 Å². The number of halogens is 1. The first kappa shape index (κ1) is 13.5. The number of hydrogen-bond donors (Lipinski definition) is 2. The number of benzene rings is 1. The standard InChI is InChI=1S/C14H14BrN3O/c1-8-5-9(2)13(11(15)6-8)18-14(19)10-3-4-17-12(16)7-10/h3-7H,1-2H3,(H2,16,17)(H,18,19). The number of carbonyl (C=O) groups excluding carboxylic acids is 1. The van der Waals surface area contributed by atoms with E-state index < -0.39 is 0 Å². The van der Waals surface area contributed by atoms with Crippen LogP contribution >= 0.6 is 15.9 Å². The van der Waals surface area contributed by atoms with Crippen molar-refractivity contribution in [1.82, 2.24) is 4.98 Å². The van der Waals surface area contributed by atoms with E-state index in [1.54, 1.807) is 12.1 Å². The lowest BCUT2D eigenvalue weighted by atomic mass is 10.1. The highest BCUT2D eigenvalue weighted by molar-refractivity contribution is 9.10. The van der Waals surface area contributed by atoms with Crippen LogP contribution in [0.15, 0.2) is 34.9 Å². The number of hydrogen-bond acceptors (Lipinski definition) is 3. The number of nitrogens with two attached hydrogens (primary N) is 1. The summed E-state index contributed by atoms with van der Waals surface area (Å²) in [4.78, 5) is 16.0. The van der Waals surface area contributed by atoms with Gasteiger partial charge in [0.1, 0.15) is 5.82 Å². The van der Waals surface area contributed by atoms with Gasteiger partial charge in [-0.05, 0) is 59.1 Å². The van der Waals surface area contributed by atoms with Gasteiger partial charge in [0.15, 0.2) is 0 Å². The second-order valence-electron chi connectivity index (χ2n) is 4.36. The van der Waals surface area contributed by atoms with Gasteiger partial charge in [0.25, 0.3) is 5.91 Å². The SMILES string of the molecule is Cc1cc(C)c(NC(=O)c2ccnc(N)c2)c(Br)c1. The predicted octanol–water partition coefficient (Wildman–Crippen LogP) is 3.30. The van der Waals surface area contributed by atoms with Crippen molar-refractivity contribution in [3.63, 3.8) is 0 Å². The van der Waals surface area contributed by atoms with Crippen LogP contribution in [0.5, 0.6) is 0 Å². The van der Waals surface area contributed by atoms with Crippen LogP contribution in [-0.4, -0.2) is 10.9 Å². The van der Waals surface area contributed by atoms with Crippen LogP contribution < -0.4 is 11.1 Å². The molecule has 0 radical (unpaired) electrons. The molecule has 19 heavy (non-hydrogen) atoms. The molecule has 1 amide bonds. The number of nitrogens with zero attached hydrogens (tertiary/aromatic N) is 1. The monoisotopic (exact) mass is 319 g/mol. The van der Waals surface area contributed by atoms with Crippen molar-refractivity contribution in [2.75, 3.05) is 11.1 Å². The summed E-state index contributed by atoms with van der Waals surface area (Å²) in [6.07, 6.45) is 1.52. The second-order valence-corrected chi connectivity index (χ2v) is 5.22. The van der Waals surface area contributed by atoms with E-state index in [1.165, 1.54) is 6.20 Å². The Bertz CT molecular complexity index is 617. The third-order valence-electron chi connectivity index (χ3n) is 2.71. The molecule has 0 aliphatic heterocycles. The van der Waals surface area contributed by atoms with Gasteiger partial charge in [-0.1, -0.05) is 6.07 Å². The summed E-state index contributed by atoms with van der Waals surface area (Å²) in [7, 11) is 0. The highest BCUT2D eigenvalue weighted by atomic mass is 79.9. The molecule has 0 atom stereocenters. The molecule has 0 saturated heterocycles. The lowest BCUT2D eigenvalue weighted by molar-refractivity contribution is 0.102. The third kappa shape index (κ3) is 3.12. The minimum atomic E-state index is -0.207. The van der Waals surface area contributed by atoms with Gasteiger partial charge in [-0.2, -0.15) is 0 Å². The van der Waals surface area contributed by atoms with E-state index in [-0.39, 0.29) is 5.91 Å². The van der Waals surface area contributed by atoms with Gasteiger partial charge in [0, 0.05) is 16.2 Å². The number of carbonyl (C=O) groups is 1. The fourth-order valence-corrected chi connectivity index (χ4v) is 2.62. The van der Waals surface area contributed by atoms with E-state index in [4.69, 9.17) is 5.73 Å². The summed E-state index contributed by atoms with van der Waals surface area (Å²) in [5.41, 5.74) is 8.96. The van der Waals surface area contributed by atoms with E-state index in [0.717, 1.165) is 21.3 Å². The van der Waals surface area contributed by atoms with Crippen molar-refractivity contribution >= 4 is 33.3 Å². The van der Waals surface area contributed by atoms with Crippen molar-refractivity contribution in [2.24, 2.45) is 0 Å².